The molecule has 4 aromatic rings. The molecule has 1 unspecified atom stereocenters. The summed E-state index contributed by atoms with van der Waals surface area (Å²) >= 11 is 0. The van der Waals surface area contributed by atoms with Gasteiger partial charge in [-0.3, -0.25) is 9.13 Å². The zero-order valence-electron chi connectivity index (χ0n) is 27.0. The average molecular weight is 609 g/mol. The number of likely N-dealkylation sites (tertiary alicyclic amines) is 1. The summed E-state index contributed by atoms with van der Waals surface area (Å²) in [5.41, 5.74) is 8.95. The fourth-order valence-corrected chi connectivity index (χ4v) is 6.95. The van der Waals surface area contributed by atoms with Crippen LogP contribution in [0.25, 0.3) is 11.3 Å². The van der Waals surface area contributed by atoms with E-state index in [1.54, 1.807) is 23.3 Å². The Hall–Kier alpha value is -4.14. The van der Waals surface area contributed by atoms with Crippen LogP contribution in [0.2, 0.25) is 0 Å². The predicted molar refractivity (Wildman–Crippen MR) is 178 cm³/mol. The second kappa shape index (κ2) is 13.1. The minimum atomic E-state index is -0.615. The quantitative estimate of drug-likeness (QED) is 0.298. The molecule has 8 heteroatoms. The fourth-order valence-electron chi connectivity index (χ4n) is 6.95. The van der Waals surface area contributed by atoms with Crippen LogP contribution in [0.1, 0.15) is 46.6 Å². The lowest BCUT2D eigenvalue weighted by Gasteiger charge is -2.33. The standard InChI is InChI=1S/C37H44N4O4/c1-24-17-25(2)36(26(3)18-24)38-35-21-32-31-20-33(44-5)34(19-29(31)13-16-41(32)37(43)39(35)4)45-23-30(42)22-40-14-11-28(12-15-40)27-9-7-6-8-10-27/h6-10,17-21,28,30,42H,11-16,22-23H2,1-5H3. The number of β-amino-alcohol motifs (C(OH)–C–C–N with tert-alkyl or cyclic N) is 1. The van der Waals surface area contributed by atoms with E-state index in [9.17, 15) is 9.90 Å². The maximum absolute atomic E-state index is 13.5. The minimum Gasteiger partial charge on any atom is -0.493 e. The number of aryl methyl sites for hydroxylation is 4. The van der Waals surface area contributed by atoms with E-state index in [1.165, 1.54) is 11.1 Å². The van der Waals surface area contributed by atoms with Gasteiger partial charge in [-0.15, -0.1) is 0 Å². The summed E-state index contributed by atoms with van der Waals surface area (Å²) in [6.07, 6.45) is 2.26. The van der Waals surface area contributed by atoms with E-state index < -0.39 is 6.10 Å². The van der Waals surface area contributed by atoms with E-state index in [-0.39, 0.29) is 12.3 Å². The molecule has 1 atom stereocenters. The molecule has 1 saturated heterocycles. The normalized spacial score (nSPS) is 16.3. The van der Waals surface area contributed by atoms with E-state index in [2.05, 4.69) is 68.1 Å². The zero-order chi connectivity index (χ0) is 31.7. The van der Waals surface area contributed by atoms with Gasteiger partial charge in [0.05, 0.1) is 18.5 Å². The Bertz CT molecular complexity index is 1790. The van der Waals surface area contributed by atoms with Crippen molar-refractivity contribution in [2.24, 2.45) is 12.0 Å². The van der Waals surface area contributed by atoms with Crippen molar-refractivity contribution in [1.82, 2.24) is 14.0 Å². The third kappa shape index (κ3) is 6.49. The van der Waals surface area contributed by atoms with Crippen molar-refractivity contribution >= 4 is 5.69 Å². The summed E-state index contributed by atoms with van der Waals surface area (Å²) in [5.74, 6) is 1.76. The largest absolute Gasteiger partial charge is 0.493 e. The van der Waals surface area contributed by atoms with Gasteiger partial charge in [-0.25, -0.2) is 9.79 Å². The van der Waals surface area contributed by atoms with Crippen LogP contribution in [0, 0.1) is 20.8 Å². The van der Waals surface area contributed by atoms with Crippen LogP contribution in [-0.2, 0) is 20.0 Å². The lowest BCUT2D eigenvalue weighted by atomic mass is 9.89. The van der Waals surface area contributed by atoms with E-state index in [0.717, 1.165) is 59.6 Å². The number of piperidine rings is 1. The molecule has 1 aromatic heterocycles. The monoisotopic (exact) mass is 608 g/mol. The highest BCUT2D eigenvalue weighted by atomic mass is 16.5. The summed E-state index contributed by atoms with van der Waals surface area (Å²) in [6.45, 7) is 9.43. The first-order chi connectivity index (χ1) is 21.7. The summed E-state index contributed by atoms with van der Waals surface area (Å²) in [7, 11) is 3.39. The van der Waals surface area contributed by atoms with Gasteiger partial charge in [0, 0.05) is 31.8 Å². The Morgan fingerprint density at radius 3 is 2.36 bits per heavy atom. The number of benzene rings is 3. The van der Waals surface area contributed by atoms with Gasteiger partial charge in [0.15, 0.2) is 11.5 Å². The van der Waals surface area contributed by atoms with Crippen LogP contribution in [-0.4, -0.2) is 58.6 Å². The van der Waals surface area contributed by atoms with Crippen LogP contribution >= 0.6 is 0 Å². The lowest BCUT2D eigenvalue weighted by Crippen LogP contribution is -2.40. The number of rotatable bonds is 8. The molecule has 1 N–H and O–H groups in total. The first-order valence-electron chi connectivity index (χ1n) is 15.9. The van der Waals surface area contributed by atoms with E-state index in [1.807, 2.05) is 18.2 Å². The van der Waals surface area contributed by atoms with E-state index in [4.69, 9.17) is 14.5 Å². The predicted octanol–water partition coefficient (Wildman–Crippen LogP) is 5.20. The summed E-state index contributed by atoms with van der Waals surface area (Å²) in [6, 6.07) is 20.9. The van der Waals surface area contributed by atoms with Crippen molar-refractivity contribution < 1.29 is 14.6 Å². The van der Waals surface area contributed by atoms with Gasteiger partial charge in [-0.1, -0.05) is 48.0 Å². The zero-order valence-corrected chi connectivity index (χ0v) is 27.0. The number of fused-ring (bicyclic) bond motifs is 3. The van der Waals surface area contributed by atoms with Crippen LogP contribution in [0.5, 0.6) is 11.5 Å². The second-order valence-electron chi connectivity index (χ2n) is 12.6. The maximum atomic E-state index is 13.5. The number of hydrogen-bond donors (Lipinski definition) is 1. The van der Waals surface area contributed by atoms with Gasteiger partial charge >= 0.3 is 5.69 Å². The van der Waals surface area contributed by atoms with Crippen LogP contribution < -0.4 is 20.7 Å². The molecule has 2 aliphatic heterocycles. The third-order valence-corrected chi connectivity index (χ3v) is 9.31. The molecule has 0 spiro atoms. The van der Waals surface area contributed by atoms with Crippen molar-refractivity contribution in [1.29, 1.82) is 0 Å². The van der Waals surface area contributed by atoms with E-state index in [0.29, 0.717) is 42.4 Å². The third-order valence-electron chi connectivity index (χ3n) is 9.31. The lowest BCUT2D eigenvalue weighted by molar-refractivity contribution is 0.0585. The van der Waals surface area contributed by atoms with E-state index >= 15 is 0 Å². The summed E-state index contributed by atoms with van der Waals surface area (Å²) in [5, 5.41) is 10.9. The molecule has 0 saturated carbocycles. The van der Waals surface area contributed by atoms with Crippen LogP contribution in [0.3, 0.4) is 0 Å². The summed E-state index contributed by atoms with van der Waals surface area (Å²) in [4.78, 5) is 20.8. The highest BCUT2D eigenvalue weighted by Crippen LogP contribution is 2.38. The summed E-state index contributed by atoms with van der Waals surface area (Å²) < 4.78 is 15.3. The molecule has 236 valence electrons. The molecule has 0 radical (unpaired) electrons. The number of ether oxygens (including phenoxy) is 2. The average Bonchev–Trinajstić information content (AvgIpc) is 3.04. The molecule has 0 bridgehead atoms. The van der Waals surface area contributed by atoms with Gasteiger partial charge in [-0.2, -0.15) is 0 Å². The topological polar surface area (TPSA) is 81.2 Å². The number of aliphatic hydroxyl groups excluding tert-OH is 1. The Kier molecular flexibility index (Phi) is 8.97. The van der Waals surface area contributed by atoms with Crippen LogP contribution in [0.15, 0.2) is 70.5 Å². The van der Waals surface area contributed by atoms with Crippen molar-refractivity contribution in [3.05, 3.63) is 104 Å². The number of hydrogen-bond acceptors (Lipinski definition) is 6. The van der Waals surface area contributed by atoms with Gasteiger partial charge < -0.3 is 19.5 Å². The first kappa shape index (κ1) is 30.9. The Labute approximate surface area is 265 Å². The van der Waals surface area contributed by atoms with Crippen LogP contribution in [0.4, 0.5) is 5.69 Å². The van der Waals surface area contributed by atoms with Gasteiger partial charge in [-0.05, 0) is 93.4 Å². The molecule has 0 aliphatic carbocycles. The minimum absolute atomic E-state index is 0.102. The van der Waals surface area contributed by atoms with Gasteiger partial charge in [0.1, 0.15) is 18.2 Å². The first-order valence-corrected chi connectivity index (χ1v) is 15.9. The smallest absolute Gasteiger partial charge is 0.329 e. The Balaban J connectivity index is 1.19. The van der Waals surface area contributed by atoms with Gasteiger partial charge in [0.25, 0.3) is 0 Å². The SMILES string of the molecule is COc1cc2c(cc1OCC(O)CN1CCC(c3ccccc3)CC1)CCn1c-2cc(=Nc2c(C)cc(C)cc2C)n(C)c1=O. The molecular formula is C37H44N4O4. The molecule has 6 rings (SSSR count). The van der Waals surface area contributed by atoms with Crippen molar-refractivity contribution in [2.75, 3.05) is 33.4 Å². The molecule has 45 heavy (non-hydrogen) atoms. The number of aliphatic hydroxyl groups is 1. The van der Waals surface area contributed by atoms with Crippen molar-refractivity contribution in [2.45, 2.75) is 58.6 Å². The van der Waals surface area contributed by atoms with Gasteiger partial charge in [0.2, 0.25) is 0 Å². The molecule has 1 fully saturated rings. The van der Waals surface area contributed by atoms with Crippen molar-refractivity contribution in [3.8, 4) is 22.8 Å². The Morgan fingerprint density at radius 2 is 1.67 bits per heavy atom. The molecular weight excluding hydrogens is 564 g/mol. The molecule has 3 aromatic carbocycles. The number of aromatic nitrogens is 2. The van der Waals surface area contributed by atoms with Crippen molar-refractivity contribution in [3.63, 3.8) is 0 Å². The Morgan fingerprint density at radius 1 is 0.956 bits per heavy atom. The molecule has 0 amide bonds. The number of nitrogens with zero attached hydrogens (tertiary/aromatic N) is 4. The maximum Gasteiger partial charge on any atom is 0.329 e. The highest BCUT2D eigenvalue weighted by molar-refractivity contribution is 5.70. The highest BCUT2D eigenvalue weighted by Gasteiger charge is 2.24. The molecule has 8 nitrogen and oxygen atoms in total. The molecule has 2 aliphatic rings. The second-order valence-corrected chi connectivity index (χ2v) is 12.6. The fraction of sp³-hybridized carbons (Fsp3) is 0.405. The molecule has 3 heterocycles. The number of methoxy groups -OCH3 is 1.